The quantitative estimate of drug-likeness (QED) is 0.619. The van der Waals surface area contributed by atoms with Crippen LogP contribution in [0.3, 0.4) is 0 Å². The number of rotatable bonds is 0. The molecule has 0 spiro atoms. The fourth-order valence-electron chi connectivity index (χ4n) is 1.48. The maximum atomic E-state index is 11.4. The molecule has 0 bridgehead atoms. The third-order valence-corrected chi connectivity index (χ3v) is 2.09. The molecule has 3 rings (SSSR count). The average Bonchev–Trinajstić information content (AvgIpc) is 2.51. The van der Waals surface area contributed by atoms with Crippen molar-refractivity contribution in [2.75, 3.05) is 0 Å². The summed E-state index contributed by atoms with van der Waals surface area (Å²) in [5, 5.41) is 13.8. The van der Waals surface area contributed by atoms with Crippen LogP contribution < -0.4 is 5.69 Å². The molecule has 2 aromatic heterocycles. The zero-order valence-corrected chi connectivity index (χ0v) is 7.01. The lowest BCUT2D eigenvalue weighted by atomic mass is 10.2. The van der Waals surface area contributed by atoms with Crippen LogP contribution in [-0.4, -0.2) is 27.0 Å². The Morgan fingerprint density at radius 3 is 3.07 bits per heavy atom. The second-order valence-electron chi connectivity index (χ2n) is 2.89. The first-order valence-corrected chi connectivity index (χ1v) is 4.02. The molecule has 0 atom stereocenters. The number of hydrogen-bond donors (Lipinski definition) is 1. The van der Waals surface area contributed by atoms with E-state index in [2.05, 4.69) is 20.4 Å². The fraction of sp³-hybridized carbons (Fsp3) is 0. The van der Waals surface area contributed by atoms with Crippen molar-refractivity contribution in [2.24, 2.45) is 10.2 Å². The second-order valence-corrected chi connectivity index (χ2v) is 2.89. The van der Waals surface area contributed by atoms with Crippen LogP contribution in [0, 0.1) is 0 Å². The molecule has 6 nitrogen and oxygen atoms in total. The van der Waals surface area contributed by atoms with Crippen molar-refractivity contribution < 1.29 is 0 Å². The molecular formula is C8H5N5O. The molecule has 1 aliphatic rings. The third-order valence-electron chi connectivity index (χ3n) is 2.09. The normalized spacial score (nSPS) is 13.4. The molecule has 1 aliphatic heterocycles. The molecule has 0 unspecified atom stereocenters. The van der Waals surface area contributed by atoms with Crippen molar-refractivity contribution in [1.82, 2.24) is 14.6 Å². The number of aromatic nitrogens is 3. The van der Waals surface area contributed by atoms with Gasteiger partial charge in [-0.25, -0.2) is 9.89 Å². The Balaban J connectivity index is 2.62. The smallest absolute Gasteiger partial charge is 0.265 e. The fourth-order valence-corrected chi connectivity index (χ4v) is 1.48. The average molecular weight is 187 g/mol. The molecule has 6 heteroatoms. The van der Waals surface area contributed by atoms with Gasteiger partial charge in [-0.15, -0.1) is 0 Å². The van der Waals surface area contributed by atoms with Crippen LogP contribution in [-0.2, 0) is 0 Å². The minimum absolute atomic E-state index is 0.265. The van der Waals surface area contributed by atoms with E-state index in [0.717, 1.165) is 11.1 Å². The van der Waals surface area contributed by atoms with Crippen molar-refractivity contribution in [2.45, 2.75) is 0 Å². The van der Waals surface area contributed by atoms with Crippen LogP contribution in [0.4, 0.5) is 0 Å². The van der Waals surface area contributed by atoms with Gasteiger partial charge in [-0.3, -0.25) is 4.40 Å². The highest BCUT2D eigenvalue weighted by atomic mass is 16.1. The molecule has 1 N–H and O–H groups in total. The third kappa shape index (κ3) is 0.792. The molecule has 0 radical (unpaired) electrons. The first kappa shape index (κ1) is 7.19. The standard InChI is InChI=1S/C8H5N5O/c14-8-12-11-6-4-10-9-3-5-1-2-13(8)7(5)6/h1-4H,(H,12,14). The van der Waals surface area contributed by atoms with Crippen molar-refractivity contribution in [3.63, 3.8) is 0 Å². The summed E-state index contributed by atoms with van der Waals surface area (Å²) in [5.74, 6) is 0. The van der Waals surface area contributed by atoms with E-state index in [9.17, 15) is 4.79 Å². The Hall–Kier alpha value is -2.24. The molecule has 2 aromatic rings. The van der Waals surface area contributed by atoms with Gasteiger partial charge in [0.2, 0.25) is 0 Å². The summed E-state index contributed by atoms with van der Waals surface area (Å²) < 4.78 is 1.49. The van der Waals surface area contributed by atoms with Gasteiger partial charge in [-0.05, 0) is 6.07 Å². The number of nitrogens with zero attached hydrogens (tertiary/aromatic N) is 4. The Labute approximate surface area is 77.6 Å². The molecular weight excluding hydrogens is 182 g/mol. The summed E-state index contributed by atoms with van der Waals surface area (Å²) in [6.45, 7) is 0. The van der Waals surface area contributed by atoms with Crippen LogP contribution in [0.1, 0.15) is 11.3 Å². The first-order valence-electron chi connectivity index (χ1n) is 4.02. The minimum Gasteiger partial charge on any atom is -0.265 e. The van der Waals surface area contributed by atoms with Crippen LogP contribution >= 0.6 is 0 Å². The van der Waals surface area contributed by atoms with Crippen LogP contribution in [0.15, 0.2) is 27.3 Å². The minimum atomic E-state index is -0.265. The molecule has 0 saturated heterocycles. The van der Waals surface area contributed by atoms with Gasteiger partial charge in [0.25, 0.3) is 0 Å². The van der Waals surface area contributed by atoms with E-state index in [1.165, 1.54) is 10.6 Å². The maximum absolute atomic E-state index is 11.4. The summed E-state index contributed by atoms with van der Waals surface area (Å²) in [7, 11) is 0. The van der Waals surface area contributed by atoms with Gasteiger partial charge >= 0.3 is 5.69 Å². The molecule has 0 aliphatic carbocycles. The van der Waals surface area contributed by atoms with E-state index in [0.29, 0.717) is 5.69 Å². The molecule has 14 heavy (non-hydrogen) atoms. The summed E-state index contributed by atoms with van der Waals surface area (Å²) >= 11 is 0. The SMILES string of the molecule is O=c1[nH]nc2c3c(ccn13)C=NN=C2. The Bertz CT molecular complexity index is 618. The summed E-state index contributed by atoms with van der Waals surface area (Å²) in [5.41, 5.74) is 1.93. The van der Waals surface area contributed by atoms with Crippen molar-refractivity contribution in [1.29, 1.82) is 0 Å². The number of hydrogen-bond acceptors (Lipinski definition) is 4. The van der Waals surface area contributed by atoms with Crippen LogP contribution in [0.2, 0.25) is 0 Å². The van der Waals surface area contributed by atoms with E-state index < -0.39 is 0 Å². The van der Waals surface area contributed by atoms with E-state index in [4.69, 9.17) is 0 Å². The monoisotopic (exact) mass is 187 g/mol. The predicted octanol–water partition coefficient (Wildman–Crippen LogP) is -0.211. The van der Waals surface area contributed by atoms with Gasteiger partial charge in [0.05, 0.1) is 17.9 Å². The number of H-pyrrole nitrogens is 1. The van der Waals surface area contributed by atoms with Gasteiger partial charge in [-0.2, -0.15) is 15.3 Å². The molecule has 0 aromatic carbocycles. The van der Waals surface area contributed by atoms with Gasteiger partial charge in [0.1, 0.15) is 5.69 Å². The highest BCUT2D eigenvalue weighted by Crippen LogP contribution is 2.12. The summed E-state index contributed by atoms with van der Waals surface area (Å²) in [4.78, 5) is 11.4. The molecule has 0 saturated carbocycles. The van der Waals surface area contributed by atoms with Gasteiger partial charge in [0, 0.05) is 11.8 Å². The zero-order chi connectivity index (χ0) is 9.54. The lowest BCUT2D eigenvalue weighted by molar-refractivity contribution is 0.884. The molecule has 0 fully saturated rings. The predicted molar refractivity (Wildman–Crippen MR) is 51.0 cm³/mol. The molecule has 68 valence electrons. The second kappa shape index (κ2) is 2.38. The number of aromatic amines is 1. The zero-order valence-electron chi connectivity index (χ0n) is 7.01. The summed E-state index contributed by atoms with van der Waals surface area (Å²) in [6, 6.07) is 1.80. The van der Waals surface area contributed by atoms with Crippen molar-refractivity contribution in [3.8, 4) is 0 Å². The Morgan fingerprint density at radius 1 is 1.29 bits per heavy atom. The summed E-state index contributed by atoms with van der Waals surface area (Å²) in [6.07, 6.45) is 4.79. The molecule has 0 amide bonds. The molecule has 3 heterocycles. The Morgan fingerprint density at radius 2 is 2.14 bits per heavy atom. The lowest BCUT2D eigenvalue weighted by Crippen LogP contribution is -2.18. The largest absolute Gasteiger partial charge is 0.346 e. The topological polar surface area (TPSA) is 74.9 Å². The van der Waals surface area contributed by atoms with E-state index >= 15 is 0 Å². The highest BCUT2D eigenvalue weighted by Gasteiger charge is 2.10. The van der Waals surface area contributed by atoms with E-state index in [-0.39, 0.29) is 5.69 Å². The van der Waals surface area contributed by atoms with Gasteiger partial charge in [-0.1, -0.05) is 0 Å². The number of nitrogens with one attached hydrogen (secondary N) is 1. The maximum Gasteiger partial charge on any atom is 0.346 e. The Kier molecular flexibility index (Phi) is 1.22. The van der Waals surface area contributed by atoms with Crippen molar-refractivity contribution in [3.05, 3.63) is 34.0 Å². The first-order chi connectivity index (χ1) is 6.86. The van der Waals surface area contributed by atoms with Crippen LogP contribution in [0.25, 0.3) is 5.52 Å². The van der Waals surface area contributed by atoms with Crippen molar-refractivity contribution >= 4 is 17.9 Å². The van der Waals surface area contributed by atoms with E-state index in [1.807, 2.05) is 0 Å². The van der Waals surface area contributed by atoms with Crippen LogP contribution in [0.5, 0.6) is 0 Å². The lowest BCUT2D eigenvalue weighted by Gasteiger charge is -1.96. The van der Waals surface area contributed by atoms with Gasteiger partial charge in [0.15, 0.2) is 0 Å². The van der Waals surface area contributed by atoms with Gasteiger partial charge < -0.3 is 0 Å². The van der Waals surface area contributed by atoms with E-state index in [1.54, 1.807) is 18.5 Å². The highest BCUT2D eigenvalue weighted by molar-refractivity contribution is 5.99.